The summed E-state index contributed by atoms with van der Waals surface area (Å²) in [7, 11) is 6.00. The zero-order valence-corrected chi connectivity index (χ0v) is 22.7. The minimum atomic E-state index is -0.149. The molecule has 39 heavy (non-hydrogen) atoms. The number of carbonyl (C=O) groups excluding carboxylic acids is 1. The number of ether oxygens (including phenoxy) is 1. The molecule has 0 aliphatic carbocycles. The molecule has 2 N–H and O–H groups in total. The van der Waals surface area contributed by atoms with Gasteiger partial charge in [0, 0.05) is 55.5 Å². The average molecular weight is 524 g/mol. The first-order chi connectivity index (χ1) is 18.9. The fraction of sp³-hybridized carbons (Fsp3) is 0.267. The number of benzene rings is 2. The van der Waals surface area contributed by atoms with Crippen LogP contribution in [0.25, 0.3) is 11.3 Å². The highest BCUT2D eigenvalue weighted by atomic mass is 16.5. The van der Waals surface area contributed by atoms with Crippen molar-refractivity contribution in [1.82, 2.24) is 19.9 Å². The Morgan fingerprint density at radius 3 is 2.69 bits per heavy atom. The van der Waals surface area contributed by atoms with E-state index >= 15 is 0 Å². The number of amides is 1. The van der Waals surface area contributed by atoms with Gasteiger partial charge in [-0.25, -0.2) is 15.0 Å². The third-order valence-corrected chi connectivity index (χ3v) is 6.93. The molecule has 2 aromatic heterocycles. The van der Waals surface area contributed by atoms with Crippen LogP contribution in [0, 0.1) is 6.92 Å². The van der Waals surface area contributed by atoms with Gasteiger partial charge in [-0.2, -0.15) is 0 Å². The van der Waals surface area contributed by atoms with Crippen molar-refractivity contribution in [3.63, 3.8) is 0 Å². The summed E-state index contributed by atoms with van der Waals surface area (Å²) in [5.41, 5.74) is 4.71. The van der Waals surface area contributed by atoms with E-state index in [0.29, 0.717) is 40.6 Å². The number of nitrogens with one attached hydrogen (secondary N) is 2. The van der Waals surface area contributed by atoms with Gasteiger partial charge in [-0.05, 0) is 87.6 Å². The highest BCUT2D eigenvalue weighted by molar-refractivity contribution is 6.04. The minimum absolute atomic E-state index is 0.149. The lowest BCUT2D eigenvalue weighted by molar-refractivity contribution is 0.102. The van der Waals surface area contributed by atoms with E-state index in [2.05, 4.69) is 55.5 Å². The molecule has 1 amide bonds. The van der Waals surface area contributed by atoms with Gasteiger partial charge < -0.3 is 25.2 Å². The Labute approximate surface area is 228 Å². The number of nitrogens with zero attached hydrogens (tertiary/aromatic N) is 5. The Kier molecular flexibility index (Phi) is 7.69. The topological polar surface area (TPSA) is 95.5 Å². The molecule has 1 unspecified atom stereocenters. The van der Waals surface area contributed by atoms with E-state index in [4.69, 9.17) is 4.74 Å². The third kappa shape index (κ3) is 5.99. The van der Waals surface area contributed by atoms with Crippen LogP contribution < -0.4 is 20.3 Å². The second-order valence-corrected chi connectivity index (χ2v) is 9.81. The highest BCUT2D eigenvalue weighted by Crippen LogP contribution is 2.33. The molecule has 4 aromatic rings. The molecule has 0 saturated carbocycles. The number of hydrogen-bond acceptors (Lipinski definition) is 8. The molecule has 1 fully saturated rings. The normalized spacial score (nSPS) is 14.9. The fourth-order valence-corrected chi connectivity index (χ4v) is 4.69. The van der Waals surface area contributed by atoms with Gasteiger partial charge in [0.15, 0.2) is 0 Å². The van der Waals surface area contributed by atoms with Crippen molar-refractivity contribution in [3.8, 4) is 22.9 Å². The Morgan fingerprint density at radius 2 is 1.92 bits per heavy atom. The molecule has 1 atom stereocenters. The number of likely N-dealkylation sites (N-methyl/N-ethyl adjacent to an activating group) is 1. The van der Waals surface area contributed by atoms with E-state index in [1.54, 1.807) is 19.4 Å². The number of anilines is 3. The number of aromatic nitrogens is 3. The molecular weight excluding hydrogens is 490 g/mol. The molecule has 5 rings (SSSR count). The second kappa shape index (κ2) is 11.5. The maximum Gasteiger partial charge on any atom is 0.255 e. The van der Waals surface area contributed by atoms with Crippen LogP contribution in [0.3, 0.4) is 0 Å². The molecule has 0 radical (unpaired) electrons. The Balaban J connectivity index is 1.29. The van der Waals surface area contributed by atoms with Gasteiger partial charge in [0.2, 0.25) is 11.8 Å². The van der Waals surface area contributed by atoms with Gasteiger partial charge in [0.1, 0.15) is 5.75 Å². The maximum atomic E-state index is 13.1. The smallest absolute Gasteiger partial charge is 0.255 e. The van der Waals surface area contributed by atoms with E-state index in [9.17, 15) is 4.79 Å². The van der Waals surface area contributed by atoms with Gasteiger partial charge in [-0.15, -0.1) is 0 Å². The summed E-state index contributed by atoms with van der Waals surface area (Å²) in [6.45, 7) is 3.89. The van der Waals surface area contributed by atoms with Gasteiger partial charge in [0.05, 0.1) is 11.3 Å². The standard InChI is InChI=1S/C30H33N7O2/c1-20-17-22(34-28(38)21-7-5-8-23(18-21)37-16-13-24(19-37)36(3)4)10-11-27(20)39-29-25(9-6-14-32-29)26-12-15-33-30(31-2)35-26/h5-12,14-15,17-18,24H,13,16,19H2,1-4H3,(H,34,38)(H,31,33,35). The molecule has 1 saturated heterocycles. The largest absolute Gasteiger partial charge is 0.438 e. The summed E-state index contributed by atoms with van der Waals surface area (Å²) in [6, 6.07) is 19.5. The quantitative estimate of drug-likeness (QED) is 0.330. The average Bonchev–Trinajstić information content (AvgIpc) is 3.46. The Hall–Kier alpha value is -4.50. The highest BCUT2D eigenvalue weighted by Gasteiger charge is 2.24. The predicted molar refractivity (Wildman–Crippen MR) is 155 cm³/mol. The first-order valence-corrected chi connectivity index (χ1v) is 13.0. The second-order valence-electron chi connectivity index (χ2n) is 9.81. The van der Waals surface area contributed by atoms with Gasteiger partial charge in [-0.1, -0.05) is 6.07 Å². The van der Waals surface area contributed by atoms with Crippen LogP contribution in [0.15, 0.2) is 73.1 Å². The van der Waals surface area contributed by atoms with Crippen LogP contribution in [-0.4, -0.2) is 66.0 Å². The van der Waals surface area contributed by atoms with Crippen molar-refractivity contribution in [2.24, 2.45) is 0 Å². The van der Waals surface area contributed by atoms with E-state index in [1.165, 1.54) is 0 Å². The van der Waals surface area contributed by atoms with Crippen LogP contribution in [0.2, 0.25) is 0 Å². The van der Waals surface area contributed by atoms with Crippen LogP contribution in [0.1, 0.15) is 22.3 Å². The van der Waals surface area contributed by atoms with Gasteiger partial charge in [-0.3, -0.25) is 4.79 Å². The summed E-state index contributed by atoms with van der Waals surface area (Å²) in [6.07, 6.45) is 4.49. The number of aryl methyl sites for hydroxylation is 1. The molecule has 9 heteroatoms. The van der Waals surface area contributed by atoms with E-state index in [1.807, 2.05) is 61.5 Å². The van der Waals surface area contributed by atoms with Gasteiger partial charge in [0.25, 0.3) is 5.91 Å². The third-order valence-electron chi connectivity index (χ3n) is 6.93. The van der Waals surface area contributed by atoms with Crippen molar-refractivity contribution in [3.05, 3.63) is 84.2 Å². The summed E-state index contributed by atoms with van der Waals surface area (Å²) in [4.78, 5) is 30.8. The van der Waals surface area contributed by atoms with E-state index in [-0.39, 0.29) is 5.91 Å². The number of carbonyl (C=O) groups is 1. The van der Waals surface area contributed by atoms with E-state index in [0.717, 1.165) is 36.3 Å². The zero-order chi connectivity index (χ0) is 27.4. The molecule has 1 aliphatic rings. The van der Waals surface area contributed by atoms with Crippen LogP contribution in [0.4, 0.5) is 17.3 Å². The Bertz CT molecular complexity index is 1470. The molecule has 0 bridgehead atoms. The van der Waals surface area contributed by atoms with Crippen molar-refractivity contribution in [2.75, 3.05) is 49.8 Å². The molecule has 9 nitrogen and oxygen atoms in total. The monoisotopic (exact) mass is 523 g/mol. The number of pyridine rings is 1. The first-order valence-electron chi connectivity index (χ1n) is 13.0. The SMILES string of the molecule is CNc1nccc(-c2cccnc2Oc2ccc(NC(=O)c3cccc(N4CCC(N(C)C)C4)c3)cc2C)n1. The summed E-state index contributed by atoms with van der Waals surface area (Å²) >= 11 is 0. The molecule has 3 heterocycles. The molecule has 200 valence electrons. The molecule has 2 aromatic carbocycles. The van der Waals surface area contributed by atoms with Crippen molar-refractivity contribution in [2.45, 2.75) is 19.4 Å². The lowest BCUT2D eigenvalue weighted by Gasteiger charge is -2.22. The van der Waals surface area contributed by atoms with Crippen molar-refractivity contribution < 1.29 is 9.53 Å². The van der Waals surface area contributed by atoms with Crippen molar-refractivity contribution in [1.29, 1.82) is 0 Å². The number of rotatable bonds is 8. The van der Waals surface area contributed by atoms with Crippen LogP contribution in [-0.2, 0) is 0 Å². The molecule has 1 aliphatic heterocycles. The van der Waals surface area contributed by atoms with Crippen LogP contribution >= 0.6 is 0 Å². The summed E-state index contributed by atoms with van der Waals surface area (Å²) in [5, 5.41) is 5.97. The zero-order valence-electron chi connectivity index (χ0n) is 22.7. The number of hydrogen-bond donors (Lipinski definition) is 2. The van der Waals surface area contributed by atoms with E-state index < -0.39 is 0 Å². The fourth-order valence-electron chi connectivity index (χ4n) is 4.69. The summed E-state index contributed by atoms with van der Waals surface area (Å²) < 4.78 is 6.20. The summed E-state index contributed by atoms with van der Waals surface area (Å²) in [5.74, 6) is 1.45. The molecule has 0 spiro atoms. The van der Waals surface area contributed by atoms with Crippen LogP contribution in [0.5, 0.6) is 11.6 Å². The molecular formula is C30H33N7O2. The Morgan fingerprint density at radius 1 is 1.05 bits per heavy atom. The lowest BCUT2D eigenvalue weighted by atomic mass is 10.1. The van der Waals surface area contributed by atoms with Crippen molar-refractivity contribution >= 4 is 23.2 Å². The lowest BCUT2D eigenvalue weighted by Crippen LogP contribution is -2.31. The predicted octanol–water partition coefficient (Wildman–Crippen LogP) is 5.07. The minimum Gasteiger partial charge on any atom is -0.438 e. The van der Waals surface area contributed by atoms with Gasteiger partial charge >= 0.3 is 0 Å². The maximum absolute atomic E-state index is 13.1. The first kappa shape index (κ1) is 26.1.